The van der Waals surface area contributed by atoms with E-state index in [1.165, 1.54) is 12.3 Å². The average Bonchev–Trinajstić information content (AvgIpc) is 3.30. The molecule has 0 bridgehead atoms. The maximum absolute atomic E-state index is 12.6. The van der Waals surface area contributed by atoms with E-state index in [4.69, 9.17) is 5.73 Å². The lowest BCUT2D eigenvalue weighted by molar-refractivity contribution is 0.823. The number of nitrogens with one attached hydrogen (secondary N) is 1. The van der Waals surface area contributed by atoms with E-state index in [-0.39, 0.29) is 11.1 Å². The lowest BCUT2D eigenvalue weighted by atomic mass is 10.1. The van der Waals surface area contributed by atoms with E-state index in [9.17, 15) is 4.79 Å². The maximum atomic E-state index is 12.6. The number of aliphatic imine (C=N–C) groups is 1. The minimum Gasteiger partial charge on any atom is -0.405 e. The van der Waals surface area contributed by atoms with Gasteiger partial charge in [-0.25, -0.2) is 9.67 Å². The van der Waals surface area contributed by atoms with Crippen LogP contribution in [0.1, 0.15) is 11.3 Å². The van der Waals surface area contributed by atoms with Crippen LogP contribution in [-0.2, 0) is 0 Å². The Balaban J connectivity index is 1.78. The largest absolute Gasteiger partial charge is 0.405 e. The van der Waals surface area contributed by atoms with E-state index in [0.29, 0.717) is 11.4 Å². The summed E-state index contributed by atoms with van der Waals surface area (Å²) in [5.41, 5.74) is 10.6. The Morgan fingerprint density at radius 1 is 1.13 bits per heavy atom. The summed E-state index contributed by atoms with van der Waals surface area (Å²) < 4.78 is 1.68. The molecule has 0 amide bonds. The van der Waals surface area contributed by atoms with Gasteiger partial charge in [-0.15, -0.1) is 0 Å². The average molecular weight is 396 g/mol. The molecule has 7 heteroatoms. The van der Waals surface area contributed by atoms with Crippen LogP contribution in [0.25, 0.3) is 16.8 Å². The molecular formula is C23H20N6O. The SMILES string of the molecule is Cc1cc(-c2cn[nH]c2)ccc1-n1ccc(=O)c(C(C=CN)=Nc2ccccc2)n1. The van der Waals surface area contributed by atoms with Gasteiger partial charge >= 0.3 is 0 Å². The van der Waals surface area contributed by atoms with Crippen molar-refractivity contribution in [3.63, 3.8) is 0 Å². The highest BCUT2D eigenvalue weighted by molar-refractivity contribution is 6.08. The van der Waals surface area contributed by atoms with Gasteiger partial charge in [-0.1, -0.05) is 24.3 Å². The van der Waals surface area contributed by atoms with Crippen LogP contribution in [0, 0.1) is 6.92 Å². The van der Waals surface area contributed by atoms with Crippen molar-refractivity contribution in [2.24, 2.45) is 10.7 Å². The van der Waals surface area contributed by atoms with Gasteiger partial charge in [-0.05, 0) is 54.6 Å². The molecule has 2 aromatic heterocycles. The van der Waals surface area contributed by atoms with Gasteiger partial charge in [0.15, 0.2) is 5.69 Å². The van der Waals surface area contributed by atoms with Gasteiger partial charge in [0.05, 0.1) is 23.3 Å². The van der Waals surface area contributed by atoms with Crippen molar-refractivity contribution in [2.45, 2.75) is 6.92 Å². The van der Waals surface area contributed by atoms with Gasteiger partial charge in [0.25, 0.3) is 0 Å². The number of hydrogen-bond acceptors (Lipinski definition) is 5. The van der Waals surface area contributed by atoms with Crippen LogP contribution < -0.4 is 11.2 Å². The van der Waals surface area contributed by atoms with Crippen LogP contribution in [0.4, 0.5) is 5.69 Å². The zero-order valence-corrected chi connectivity index (χ0v) is 16.4. The van der Waals surface area contributed by atoms with Crippen LogP contribution in [-0.4, -0.2) is 25.7 Å². The lowest BCUT2D eigenvalue weighted by Crippen LogP contribution is -2.20. The molecule has 30 heavy (non-hydrogen) atoms. The molecule has 4 aromatic rings. The van der Waals surface area contributed by atoms with E-state index in [2.05, 4.69) is 26.4 Å². The van der Waals surface area contributed by atoms with Gasteiger partial charge in [-0.3, -0.25) is 9.89 Å². The maximum Gasteiger partial charge on any atom is 0.209 e. The van der Waals surface area contributed by atoms with Crippen molar-refractivity contribution < 1.29 is 0 Å². The third-order valence-electron chi connectivity index (χ3n) is 4.59. The molecule has 7 nitrogen and oxygen atoms in total. The minimum absolute atomic E-state index is 0.223. The molecule has 0 saturated heterocycles. The Labute approximate surface area is 173 Å². The Morgan fingerprint density at radius 3 is 2.67 bits per heavy atom. The van der Waals surface area contributed by atoms with E-state index in [1.54, 1.807) is 23.2 Å². The highest BCUT2D eigenvalue weighted by Crippen LogP contribution is 2.23. The molecule has 0 unspecified atom stereocenters. The molecule has 0 aliphatic rings. The molecule has 0 spiro atoms. The fourth-order valence-corrected chi connectivity index (χ4v) is 3.12. The minimum atomic E-state index is -0.230. The molecule has 0 radical (unpaired) electrons. The number of hydrogen-bond donors (Lipinski definition) is 2. The van der Waals surface area contributed by atoms with Crippen LogP contribution in [0.5, 0.6) is 0 Å². The summed E-state index contributed by atoms with van der Waals surface area (Å²) in [6, 6.07) is 16.9. The molecule has 4 rings (SSSR count). The van der Waals surface area contributed by atoms with Crippen molar-refractivity contribution >= 4 is 11.4 Å². The van der Waals surface area contributed by atoms with E-state index >= 15 is 0 Å². The fourth-order valence-electron chi connectivity index (χ4n) is 3.12. The molecule has 2 aromatic carbocycles. The lowest BCUT2D eigenvalue weighted by Gasteiger charge is -2.11. The number of benzene rings is 2. The van der Waals surface area contributed by atoms with Gasteiger partial charge < -0.3 is 5.73 Å². The summed E-state index contributed by atoms with van der Waals surface area (Å²) >= 11 is 0. The molecular weight excluding hydrogens is 376 g/mol. The predicted octanol–water partition coefficient (Wildman–Crippen LogP) is 3.52. The first-order valence-electron chi connectivity index (χ1n) is 9.38. The summed E-state index contributed by atoms with van der Waals surface area (Å²) in [5, 5.41) is 11.4. The smallest absolute Gasteiger partial charge is 0.209 e. The second-order valence-corrected chi connectivity index (χ2v) is 6.65. The van der Waals surface area contributed by atoms with Crippen LogP contribution in [0.2, 0.25) is 0 Å². The Hall–Kier alpha value is -4.26. The number of para-hydroxylation sites is 1. The molecule has 2 heterocycles. The highest BCUT2D eigenvalue weighted by Gasteiger charge is 2.11. The first kappa shape index (κ1) is 19.1. The summed E-state index contributed by atoms with van der Waals surface area (Å²) in [4.78, 5) is 17.1. The summed E-state index contributed by atoms with van der Waals surface area (Å²) in [6.07, 6.45) is 8.20. The van der Waals surface area contributed by atoms with E-state index in [0.717, 1.165) is 22.4 Å². The predicted molar refractivity (Wildman–Crippen MR) is 118 cm³/mol. The molecule has 148 valence electrons. The Kier molecular flexibility index (Phi) is 5.34. The second kappa shape index (κ2) is 8.40. The number of rotatable bonds is 5. The monoisotopic (exact) mass is 396 g/mol. The normalized spacial score (nSPS) is 11.8. The number of aromatic amines is 1. The van der Waals surface area contributed by atoms with Gasteiger partial charge in [0, 0.05) is 24.0 Å². The quantitative estimate of drug-likeness (QED) is 0.504. The van der Waals surface area contributed by atoms with Gasteiger partial charge in [0.1, 0.15) is 0 Å². The molecule has 0 atom stereocenters. The Bertz CT molecular complexity index is 1270. The van der Waals surface area contributed by atoms with E-state index in [1.807, 2.05) is 55.6 Å². The standard InChI is InChI=1S/C23H20N6O/c1-16-13-17(18-14-25-26-15-18)7-8-21(16)29-12-10-22(30)23(28-29)20(9-11-24)27-19-5-3-2-4-6-19/h2-15H,24H2,1H3,(H,25,26). The van der Waals surface area contributed by atoms with Crippen molar-refractivity contribution in [3.8, 4) is 16.8 Å². The summed E-state index contributed by atoms with van der Waals surface area (Å²) in [6.45, 7) is 2.00. The van der Waals surface area contributed by atoms with Gasteiger partial charge in [-0.2, -0.15) is 10.2 Å². The number of nitrogens with zero attached hydrogens (tertiary/aromatic N) is 4. The van der Waals surface area contributed by atoms with Crippen molar-refractivity contribution in [1.82, 2.24) is 20.0 Å². The van der Waals surface area contributed by atoms with Crippen LogP contribution >= 0.6 is 0 Å². The zero-order valence-electron chi connectivity index (χ0n) is 16.4. The number of nitrogens with two attached hydrogens (primary N) is 1. The molecule has 0 saturated carbocycles. The topological polar surface area (TPSA) is 102 Å². The molecule has 0 aliphatic heterocycles. The molecule has 0 aliphatic carbocycles. The van der Waals surface area contributed by atoms with Crippen molar-refractivity contribution in [3.05, 3.63) is 107 Å². The van der Waals surface area contributed by atoms with Crippen molar-refractivity contribution in [2.75, 3.05) is 0 Å². The third-order valence-corrected chi connectivity index (χ3v) is 4.59. The third kappa shape index (κ3) is 3.95. The fraction of sp³-hybridized carbons (Fsp3) is 0.0435. The first-order chi connectivity index (χ1) is 14.7. The number of aromatic nitrogens is 4. The van der Waals surface area contributed by atoms with Gasteiger partial charge in [0.2, 0.25) is 5.43 Å². The van der Waals surface area contributed by atoms with Crippen molar-refractivity contribution in [1.29, 1.82) is 0 Å². The molecule has 3 N–H and O–H groups in total. The van der Waals surface area contributed by atoms with Crippen LogP contribution in [0.15, 0.2) is 95.3 Å². The number of H-pyrrole nitrogens is 1. The zero-order chi connectivity index (χ0) is 20.9. The second-order valence-electron chi connectivity index (χ2n) is 6.65. The number of allylic oxidation sites excluding steroid dienone is 1. The van der Waals surface area contributed by atoms with E-state index < -0.39 is 0 Å². The summed E-state index contributed by atoms with van der Waals surface area (Å²) in [7, 11) is 0. The van der Waals surface area contributed by atoms with Crippen LogP contribution in [0.3, 0.4) is 0 Å². The first-order valence-corrected chi connectivity index (χ1v) is 9.38. The number of aryl methyl sites for hydroxylation is 1. The Morgan fingerprint density at radius 2 is 1.97 bits per heavy atom. The highest BCUT2D eigenvalue weighted by atomic mass is 16.1. The summed E-state index contributed by atoms with van der Waals surface area (Å²) in [5.74, 6) is 0. The molecule has 0 fully saturated rings.